The molecule has 1 aromatic carbocycles. The molecule has 0 amide bonds. The zero-order chi connectivity index (χ0) is 33.0. The summed E-state index contributed by atoms with van der Waals surface area (Å²) in [4.78, 5) is 24.4. The van der Waals surface area contributed by atoms with Crippen molar-refractivity contribution in [2.24, 2.45) is 5.92 Å². The molecular weight excluding hydrogens is 611 g/mol. The quantitative estimate of drug-likeness (QED) is 0.0622. The molecule has 3 aromatic heterocycles. The van der Waals surface area contributed by atoms with Gasteiger partial charge in [0.05, 0.1) is 43.1 Å². The summed E-state index contributed by atoms with van der Waals surface area (Å²) in [7, 11) is -1.51. The van der Waals surface area contributed by atoms with Crippen LogP contribution in [0.2, 0.25) is 0 Å². The maximum Gasteiger partial charge on any atom is 0.269 e. The monoisotopic (exact) mass is 652 g/mol. The fraction of sp³-hybridized carbons (Fsp3) is 0.548. The molecule has 46 heavy (non-hydrogen) atoms. The molecule has 4 aromatic rings. The van der Waals surface area contributed by atoms with Gasteiger partial charge in [-0.05, 0) is 39.7 Å². The van der Waals surface area contributed by atoms with Gasteiger partial charge in [0.15, 0.2) is 17.4 Å². The molecule has 0 radical (unpaired) electrons. The fourth-order valence-electron chi connectivity index (χ4n) is 5.86. The molecule has 5 atom stereocenters. The summed E-state index contributed by atoms with van der Waals surface area (Å²) in [5.74, 6) is 0.816. The van der Waals surface area contributed by atoms with Gasteiger partial charge in [0, 0.05) is 48.9 Å². The number of aromatic nitrogens is 5. The predicted molar refractivity (Wildman–Crippen MR) is 172 cm³/mol. The van der Waals surface area contributed by atoms with Crippen LogP contribution in [0.4, 0.5) is 5.69 Å². The van der Waals surface area contributed by atoms with Crippen LogP contribution in [-0.2, 0) is 20.2 Å². The highest BCUT2D eigenvalue weighted by molar-refractivity contribution is 7.44. The molecule has 0 spiro atoms. The van der Waals surface area contributed by atoms with Crippen LogP contribution in [0.15, 0.2) is 43.0 Å². The zero-order valence-electron chi connectivity index (χ0n) is 27.0. The van der Waals surface area contributed by atoms with Crippen molar-refractivity contribution in [1.82, 2.24) is 28.6 Å². The second-order valence-corrected chi connectivity index (χ2v) is 13.2. The Morgan fingerprint density at radius 2 is 1.91 bits per heavy atom. The van der Waals surface area contributed by atoms with Crippen molar-refractivity contribution >= 4 is 31.2 Å². The number of imidazole rings is 2. The van der Waals surface area contributed by atoms with Gasteiger partial charge in [0.2, 0.25) is 11.7 Å². The first kappa shape index (κ1) is 33.6. The van der Waals surface area contributed by atoms with E-state index in [2.05, 4.69) is 62.3 Å². The first-order valence-electron chi connectivity index (χ1n) is 15.6. The number of benzene rings is 1. The standard InChI is InChI=1S/C31H41N8O6P/c1-7-25-22(6)27(45-46(43-17-8-14-32)38(20(2)3)21(4)5)30(44-25)37-19-34-26-28(35-31-33-15-16-36(31)29(26)37)42-18-13-23-9-11-24(12-10-23)39(40)41/h9-12,15-16,19-22,25,27,30H,7-8,13,17-18H2,1-6H3/t22-,25-,27-,30-,46?/m1/s1. The fourth-order valence-corrected chi connectivity index (χ4v) is 7.67. The Kier molecular flexibility index (Phi) is 10.8. The highest BCUT2D eigenvalue weighted by Gasteiger charge is 2.46. The Balaban J connectivity index is 1.47. The number of hydrogen-bond acceptors (Lipinski definition) is 11. The average molecular weight is 653 g/mol. The van der Waals surface area contributed by atoms with E-state index in [4.69, 9.17) is 23.5 Å². The summed E-state index contributed by atoms with van der Waals surface area (Å²) in [6.45, 7) is 13.3. The number of nitro groups is 1. The molecule has 5 rings (SSSR count). The van der Waals surface area contributed by atoms with Gasteiger partial charge in [-0.1, -0.05) is 26.0 Å². The largest absolute Gasteiger partial charge is 0.476 e. The molecule has 246 valence electrons. The van der Waals surface area contributed by atoms with Crippen molar-refractivity contribution in [3.63, 3.8) is 0 Å². The molecule has 1 saturated heterocycles. The Morgan fingerprint density at radius 3 is 2.57 bits per heavy atom. The van der Waals surface area contributed by atoms with Gasteiger partial charge in [-0.2, -0.15) is 10.2 Å². The third-order valence-electron chi connectivity index (χ3n) is 8.05. The maximum atomic E-state index is 11.0. The Hall–Kier alpha value is -3.73. The summed E-state index contributed by atoms with van der Waals surface area (Å²) in [6, 6.07) is 8.88. The first-order valence-corrected chi connectivity index (χ1v) is 16.7. The number of nitro benzene ring substituents is 1. The van der Waals surface area contributed by atoms with Crippen LogP contribution < -0.4 is 4.74 Å². The Morgan fingerprint density at radius 1 is 1.17 bits per heavy atom. The minimum Gasteiger partial charge on any atom is -0.476 e. The van der Waals surface area contributed by atoms with Crippen LogP contribution in [0.25, 0.3) is 16.9 Å². The summed E-state index contributed by atoms with van der Waals surface area (Å²) in [6.07, 6.45) is 5.85. The highest BCUT2D eigenvalue weighted by atomic mass is 31.2. The number of hydrogen-bond donors (Lipinski definition) is 0. The van der Waals surface area contributed by atoms with Gasteiger partial charge >= 0.3 is 0 Å². The number of fused-ring (bicyclic) bond motifs is 3. The minimum atomic E-state index is -1.51. The van der Waals surface area contributed by atoms with Crippen molar-refractivity contribution in [2.45, 2.75) is 91.3 Å². The van der Waals surface area contributed by atoms with E-state index in [1.807, 2.05) is 15.2 Å². The molecule has 1 aliphatic rings. The number of non-ortho nitro benzene ring substituents is 1. The lowest BCUT2D eigenvalue weighted by molar-refractivity contribution is -0.384. The molecule has 1 fully saturated rings. The molecule has 4 heterocycles. The lowest BCUT2D eigenvalue weighted by Gasteiger charge is -2.38. The average Bonchev–Trinajstić information content (AvgIpc) is 3.74. The van der Waals surface area contributed by atoms with Gasteiger partial charge in [0.25, 0.3) is 14.2 Å². The Labute approximate surface area is 269 Å². The van der Waals surface area contributed by atoms with Crippen LogP contribution in [0.1, 0.15) is 66.2 Å². The van der Waals surface area contributed by atoms with Crippen LogP contribution in [-0.4, -0.2) is 71.0 Å². The van der Waals surface area contributed by atoms with Crippen molar-refractivity contribution in [3.8, 4) is 11.9 Å². The molecule has 14 nitrogen and oxygen atoms in total. The number of rotatable bonds is 15. The van der Waals surface area contributed by atoms with Crippen molar-refractivity contribution in [2.75, 3.05) is 13.2 Å². The van der Waals surface area contributed by atoms with E-state index in [0.717, 1.165) is 12.0 Å². The van der Waals surface area contributed by atoms with E-state index in [-0.39, 0.29) is 55.5 Å². The number of nitrogens with zero attached hydrogens (tertiary/aromatic N) is 8. The van der Waals surface area contributed by atoms with E-state index < -0.39 is 19.7 Å². The normalized spacial score (nSPS) is 20.7. The molecular formula is C31H41N8O6P. The highest BCUT2D eigenvalue weighted by Crippen LogP contribution is 2.52. The molecule has 1 aliphatic heterocycles. The molecule has 1 unspecified atom stereocenters. The summed E-state index contributed by atoms with van der Waals surface area (Å²) in [5.41, 5.74) is 2.19. The number of ether oxygens (including phenoxy) is 2. The third-order valence-corrected chi connectivity index (χ3v) is 10.2. The zero-order valence-corrected chi connectivity index (χ0v) is 27.9. The van der Waals surface area contributed by atoms with Crippen LogP contribution in [0.3, 0.4) is 0 Å². The molecule has 15 heteroatoms. The van der Waals surface area contributed by atoms with Gasteiger partial charge < -0.3 is 18.5 Å². The topological polar surface area (TPSA) is 155 Å². The lowest BCUT2D eigenvalue weighted by Crippen LogP contribution is -2.36. The minimum absolute atomic E-state index is 0.0377. The van der Waals surface area contributed by atoms with Gasteiger partial charge in [0.1, 0.15) is 6.10 Å². The van der Waals surface area contributed by atoms with Crippen molar-refractivity contribution in [3.05, 3.63) is 58.7 Å². The predicted octanol–water partition coefficient (Wildman–Crippen LogP) is 6.21. The van der Waals surface area contributed by atoms with E-state index in [1.165, 1.54) is 12.1 Å². The van der Waals surface area contributed by atoms with E-state index >= 15 is 0 Å². The summed E-state index contributed by atoms with van der Waals surface area (Å²) < 4.78 is 32.0. The molecule has 0 saturated carbocycles. The van der Waals surface area contributed by atoms with Crippen molar-refractivity contribution in [1.29, 1.82) is 5.26 Å². The summed E-state index contributed by atoms with van der Waals surface area (Å²) >= 11 is 0. The maximum absolute atomic E-state index is 11.0. The van der Waals surface area contributed by atoms with Crippen LogP contribution in [0.5, 0.6) is 5.88 Å². The SMILES string of the molecule is CC[C@H]1O[C@@H](n2cnc3c(OCCc4ccc([N+](=O)[O-])cc4)nc4nccn4c32)[C@H](OP(OCCC#N)N(C(C)C)C(C)C)[C@@H]1C. The van der Waals surface area contributed by atoms with Crippen molar-refractivity contribution < 1.29 is 23.4 Å². The number of nitriles is 1. The second-order valence-electron chi connectivity index (χ2n) is 11.8. The Bertz CT molecular complexity index is 1660. The third kappa shape index (κ3) is 6.99. The second kappa shape index (κ2) is 14.8. The smallest absolute Gasteiger partial charge is 0.269 e. The summed E-state index contributed by atoms with van der Waals surface area (Å²) in [5, 5.41) is 20.2. The van der Waals surface area contributed by atoms with E-state index in [0.29, 0.717) is 29.2 Å². The molecule has 0 N–H and O–H groups in total. The van der Waals surface area contributed by atoms with Crippen LogP contribution in [0, 0.1) is 27.4 Å². The molecule has 0 bridgehead atoms. The first-order chi connectivity index (χ1) is 22.1. The van der Waals surface area contributed by atoms with Crippen LogP contribution >= 0.6 is 8.53 Å². The van der Waals surface area contributed by atoms with E-state index in [9.17, 15) is 15.4 Å². The van der Waals surface area contributed by atoms with Gasteiger partial charge in [-0.15, -0.1) is 0 Å². The molecule has 0 aliphatic carbocycles. The lowest BCUT2D eigenvalue weighted by atomic mass is 9.99. The van der Waals surface area contributed by atoms with E-state index in [1.54, 1.807) is 24.7 Å². The van der Waals surface area contributed by atoms with Gasteiger partial charge in [-0.25, -0.2) is 14.6 Å². The van der Waals surface area contributed by atoms with Gasteiger partial charge in [-0.3, -0.25) is 19.1 Å².